The Morgan fingerprint density at radius 2 is 1.86 bits per heavy atom. The van der Waals surface area contributed by atoms with E-state index in [2.05, 4.69) is 43.8 Å². The van der Waals surface area contributed by atoms with Crippen LogP contribution in [0.5, 0.6) is 5.75 Å². The quantitative estimate of drug-likeness (QED) is 0.533. The van der Waals surface area contributed by atoms with Crippen molar-refractivity contribution in [3.8, 4) is 5.75 Å². The molecule has 28 heavy (non-hydrogen) atoms. The number of nitrogens with zero attached hydrogens (tertiary/aromatic N) is 5. The average molecular weight is 371 g/mol. The maximum absolute atomic E-state index is 5.24. The van der Waals surface area contributed by atoms with Crippen molar-refractivity contribution in [1.29, 1.82) is 0 Å². The van der Waals surface area contributed by atoms with Crippen molar-refractivity contribution < 1.29 is 4.74 Å². The zero-order valence-corrected chi connectivity index (χ0v) is 15.9. The van der Waals surface area contributed by atoms with E-state index in [1.165, 1.54) is 5.56 Å². The molecule has 0 aliphatic heterocycles. The molecule has 140 valence electrons. The summed E-state index contributed by atoms with van der Waals surface area (Å²) >= 11 is 0. The molecule has 1 saturated carbocycles. The van der Waals surface area contributed by atoms with Crippen molar-refractivity contribution in [1.82, 2.24) is 24.5 Å². The van der Waals surface area contributed by atoms with Crippen LogP contribution in [0.2, 0.25) is 0 Å². The van der Waals surface area contributed by atoms with Gasteiger partial charge in [0.25, 0.3) is 0 Å². The summed E-state index contributed by atoms with van der Waals surface area (Å²) in [5.74, 6) is 2.54. The summed E-state index contributed by atoms with van der Waals surface area (Å²) in [4.78, 5) is 18.5. The third kappa shape index (κ3) is 3.11. The van der Waals surface area contributed by atoms with Gasteiger partial charge in [-0.3, -0.25) is 0 Å². The number of imidazole rings is 1. The summed E-state index contributed by atoms with van der Waals surface area (Å²) in [6.07, 6.45) is 4.75. The van der Waals surface area contributed by atoms with Crippen LogP contribution >= 0.6 is 0 Å². The molecule has 6 heteroatoms. The molecule has 0 radical (unpaired) electrons. The maximum atomic E-state index is 5.24. The van der Waals surface area contributed by atoms with Crippen LogP contribution < -0.4 is 4.74 Å². The van der Waals surface area contributed by atoms with Gasteiger partial charge >= 0.3 is 0 Å². The van der Waals surface area contributed by atoms with Gasteiger partial charge in [0.2, 0.25) is 0 Å². The minimum absolute atomic E-state index is 0.364. The van der Waals surface area contributed by atoms with Crippen molar-refractivity contribution in [3.05, 3.63) is 77.8 Å². The van der Waals surface area contributed by atoms with E-state index in [1.807, 2.05) is 37.6 Å². The lowest BCUT2D eigenvalue weighted by Crippen LogP contribution is -2.01. The van der Waals surface area contributed by atoms with Gasteiger partial charge in [0.15, 0.2) is 5.65 Å². The molecule has 0 unspecified atom stereocenters. The molecule has 1 aliphatic carbocycles. The first kappa shape index (κ1) is 16.9. The second-order valence-corrected chi connectivity index (χ2v) is 7.30. The number of methoxy groups -OCH3 is 1. The molecule has 1 aromatic carbocycles. The van der Waals surface area contributed by atoms with E-state index < -0.39 is 0 Å². The lowest BCUT2D eigenvalue weighted by atomic mass is 10.2. The first-order chi connectivity index (χ1) is 13.7. The number of benzene rings is 1. The van der Waals surface area contributed by atoms with Crippen LogP contribution in [-0.2, 0) is 6.54 Å². The van der Waals surface area contributed by atoms with Gasteiger partial charge < -0.3 is 9.30 Å². The minimum atomic E-state index is 0.364. The van der Waals surface area contributed by atoms with Crippen molar-refractivity contribution >= 4 is 11.2 Å². The molecule has 0 saturated heterocycles. The Hall–Kier alpha value is -3.28. The number of hydrogen-bond acceptors (Lipinski definition) is 5. The average Bonchev–Trinajstić information content (AvgIpc) is 3.44. The van der Waals surface area contributed by atoms with Crippen LogP contribution in [-0.4, -0.2) is 31.6 Å². The van der Waals surface area contributed by atoms with Gasteiger partial charge in [-0.2, -0.15) is 0 Å². The fourth-order valence-corrected chi connectivity index (χ4v) is 3.66. The SMILES string of the molecule is COc1ccc(Cn2cnc3ccc([C@H]4C[C@@H]4c4nccc(C)n4)nc32)cc1. The second kappa shape index (κ2) is 6.71. The normalized spacial score (nSPS) is 18.4. The lowest BCUT2D eigenvalue weighted by Gasteiger charge is -2.07. The highest BCUT2D eigenvalue weighted by Gasteiger charge is 2.43. The number of fused-ring (bicyclic) bond motifs is 1. The highest BCUT2D eigenvalue weighted by molar-refractivity contribution is 5.71. The predicted molar refractivity (Wildman–Crippen MR) is 106 cm³/mol. The monoisotopic (exact) mass is 371 g/mol. The molecule has 0 N–H and O–H groups in total. The fourth-order valence-electron chi connectivity index (χ4n) is 3.66. The Bertz CT molecular complexity index is 1140. The fraction of sp³-hybridized carbons (Fsp3) is 0.273. The molecule has 4 aromatic rings. The molecule has 0 bridgehead atoms. The second-order valence-electron chi connectivity index (χ2n) is 7.30. The third-order valence-electron chi connectivity index (χ3n) is 5.31. The Kier molecular flexibility index (Phi) is 4.04. The Labute approximate surface area is 163 Å². The summed E-state index contributed by atoms with van der Waals surface area (Å²) in [5.41, 5.74) is 5.13. The van der Waals surface area contributed by atoms with Crippen LogP contribution in [0.25, 0.3) is 11.2 Å². The topological polar surface area (TPSA) is 65.7 Å². The molecule has 3 aromatic heterocycles. The van der Waals surface area contributed by atoms with Crippen LogP contribution in [0.3, 0.4) is 0 Å². The molecular weight excluding hydrogens is 350 g/mol. The van der Waals surface area contributed by atoms with Crippen molar-refractivity contribution in [3.63, 3.8) is 0 Å². The molecule has 0 spiro atoms. The molecule has 6 nitrogen and oxygen atoms in total. The van der Waals surface area contributed by atoms with E-state index in [1.54, 1.807) is 7.11 Å². The number of hydrogen-bond donors (Lipinski definition) is 0. The zero-order chi connectivity index (χ0) is 19.1. The zero-order valence-electron chi connectivity index (χ0n) is 15.9. The predicted octanol–water partition coefficient (Wildman–Crippen LogP) is 3.86. The first-order valence-electron chi connectivity index (χ1n) is 9.45. The van der Waals surface area contributed by atoms with E-state index in [0.717, 1.165) is 47.1 Å². The smallest absolute Gasteiger partial charge is 0.160 e. The summed E-state index contributed by atoms with van der Waals surface area (Å²) < 4.78 is 7.33. The molecule has 3 heterocycles. The molecule has 1 fully saturated rings. The number of ether oxygens (including phenoxy) is 1. The van der Waals surface area contributed by atoms with Gasteiger partial charge in [-0.05, 0) is 49.2 Å². The Morgan fingerprint density at radius 3 is 2.64 bits per heavy atom. The van der Waals surface area contributed by atoms with Crippen molar-refractivity contribution in [2.24, 2.45) is 0 Å². The molecule has 1 aliphatic rings. The largest absolute Gasteiger partial charge is 0.497 e. The number of rotatable bonds is 5. The van der Waals surface area contributed by atoms with Gasteiger partial charge in [0, 0.05) is 29.4 Å². The van der Waals surface area contributed by atoms with E-state index in [0.29, 0.717) is 11.8 Å². The van der Waals surface area contributed by atoms with E-state index >= 15 is 0 Å². The number of aryl methyl sites for hydroxylation is 1. The minimum Gasteiger partial charge on any atom is -0.497 e. The van der Waals surface area contributed by atoms with Crippen LogP contribution in [0.1, 0.15) is 41.0 Å². The molecule has 2 atom stereocenters. The van der Waals surface area contributed by atoms with Gasteiger partial charge in [0.05, 0.1) is 20.0 Å². The highest BCUT2D eigenvalue weighted by atomic mass is 16.5. The van der Waals surface area contributed by atoms with Gasteiger partial charge in [-0.25, -0.2) is 19.9 Å². The van der Waals surface area contributed by atoms with E-state index in [-0.39, 0.29) is 0 Å². The Balaban J connectivity index is 1.41. The van der Waals surface area contributed by atoms with Crippen LogP contribution in [0.15, 0.2) is 55.0 Å². The third-order valence-corrected chi connectivity index (χ3v) is 5.31. The maximum Gasteiger partial charge on any atom is 0.160 e. The van der Waals surface area contributed by atoms with Crippen molar-refractivity contribution in [2.45, 2.75) is 31.7 Å². The van der Waals surface area contributed by atoms with E-state index in [9.17, 15) is 0 Å². The van der Waals surface area contributed by atoms with Gasteiger partial charge in [0.1, 0.15) is 17.1 Å². The molecule has 0 amide bonds. The van der Waals surface area contributed by atoms with E-state index in [4.69, 9.17) is 9.72 Å². The summed E-state index contributed by atoms with van der Waals surface area (Å²) in [7, 11) is 1.68. The van der Waals surface area contributed by atoms with Gasteiger partial charge in [-0.15, -0.1) is 0 Å². The number of pyridine rings is 1. The summed E-state index contributed by atoms with van der Waals surface area (Å²) in [6.45, 7) is 2.73. The summed E-state index contributed by atoms with van der Waals surface area (Å²) in [5, 5.41) is 0. The number of aromatic nitrogens is 5. The van der Waals surface area contributed by atoms with Crippen LogP contribution in [0, 0.1) is 6.92 Å². The van der Waals surface area contributed by atoms with Crippen LogP contribution in [0.4, 0.5) is 0 Å². The molecular formula is C22H21N5O. The standard InChI is InChI=1S/C22H21N5O/c1-14-9-10-23-21(25-14)18-11-17(18)19-7-8-20-22(26-19)27(13-24-20)12-15-3-5-16(28-2)6-4-15/h3-10,13,17-18H,11-12H2,1-2H3/t17-,18-/m0/s1. The molecule has 5 rings (SSSR count). The highest BCUT2D eigenvalue weighted by Crippen LogP contribution is 2.53. The Morgan fingerprint density at radius 1 is 1.00 bits per heavy atom. The lowest BCUT2D eigenvalue weighted by molar-refractivity contribution is 0.414. The van der Waals surface area contributed by atoms with Gasteiger partial charge in [-0.1, -0.05) is 12.1 Å². The van der Waals surface area contributed by atoms with Crippen molar-refractivity contribution in [2.75, 3.05) is 7.11 Å². The summed E-state index contributed by atoms with van der Waals surface area (Å²) in [6, 6.07) is 14.2. The first-order valence-corrected chi connectivity index (χ1v) is 9.45.